The number of carbonyl (C=O) groups is 1. The molecule has 23 heavy (non-hydrogen) atoms. The molecule has 2 amide bonds. The number of carbonyl (C=O) groups excluding carboxylic acids is 1. The molecule has 0 saturated carbocycles. The molecule has 0 spiro atoms. The highest BCUT2D eigenvalue weighted by Crippen LogP contribution is 2.31. The van der Waals surface area contributed by atoms with E-state index in [9.17, 15) is 4.79 Å². The van der Waals surface area contributed by atoms with Crippen LogP contribution in [0.5, 0.6) is 0 Å². The zero-order valence-electron chi connectivity index (χ0n) is 12.2. The Bertz CT molecular complexity index is 832. The van der Waals surface area contributed by atoms with E-state index < -0.39 is 0 Å². The van der Waals surface area contributed by atoms with Gasteiger partial charge in [-0.25, -0.2) is 4.79 Å². The number of urea groups is 1. The number of amides is 2. The van der Waals surface area contributed by atoms with Crippen molar-refractivity contribution in [2.24, 2.45) is 0 Å². The molecule has 7 heteroatoms. The molecule has 0 unspecified atom stereocenters. The number of benzene rings is 2. The first-order valence-corrected chi connectivity index (χ1v) is 8.04. The van der Waals surface area contributed by atoms with Crippen molar-refractivity contribution in [3.05, 3.63) is 59.1 Å². The highest BCUT2D eigenvalue weighted by Gasteiger charge is 2.11. The molecule has 3 rings (SSSR count). The topological polar surface area (TPSA) is 66.9 Å². The molecule has 1 aromatic heterocycles. The Morgan fingerprint density at radius 3 is 2.52 bits per heavy atom. The van der Waals surface area contributed by atoms with Gasteiger partial charge in [-0.2, -0.15) is 0 Å². The molecule has 2 N–H and O–H groups in total. The standard InChI is InChI=1S/C16H13ClN4OS/c1-10-6-8-11(9-7-10)18-15(22)19-16-21-20-14(23-16)12-4-2-3-5-13(12)17/h2-9H,1H3,(H2,18,19,21,22). The Balaban J connectivity index is 1.68. The molecule has 2 aromatic carbocycles. The van der Waals surface area contributed by atoms with Gasteiger partial charge in [0.15, 0.2) is 5.01 Å². The van der Waals surface area contributed by atoms with E-state index in [4.69, 9.17) is 11.6 Å². The fourth-order valence-electron chi connectivity index (χ4n) is 1.91. The van der Waals surface area contributed by atoms with Crippen molar-refractivity contribution < 1.29 is 4.79 Å². The van der Waals surface area contributed by atoms with Crippen LogP contribution in [0.2, 0.25) is 5.02 Å². The largest absolute Gasteiger partial charge is 0.325 e. The minimum Gasteiger partial charge on any atom is -0.308 e. The van der Waals surface area contributed by atoms with Crippen molar-refractivity contribution in [2.75, 3.05) is 10.6 Å². The van der Waals surface area contributed by atoms with Gasteiger partial charge in [0.05, 0.1) is 5.02 Å². The zero-order chi connectivity index (χ0) is 16.2. The van der Waals surface area contributed by atoms with Gasteiger partial charge >= 0.3 is 6.03 Å². The van der Waals surface area contributed by atoms with Gasteiger partial charge < -0.3 is 5.32 Å². The Hall–Kier alpha value is -2.44. The predicted octanol–water partition coefficient (Wildman–Crippen LogP) is 4.81. The van der Waals surface area contributed by atoms with Crippen LogP contribution < -0.4 is 10.6 Å². The van der Waals surface area contributed by atoms with E-state index in [1.807, 2.05) is 49.4 Å². The van der Waals surface area contributed by atoms with Crippen LogP contribution in [-0.2, 0) is 0 Å². The van der Waals surface area contributed by atoms with Crippen LogP contribution in [0.25, 0.3) is 10.6 Å². The molecule has 1 heterocycles. The van der Waals surface area contributed by atoms with Gasteiger partial charge in [0.1, 0.15) is 0 Å². The molecule has 0 atom stereocenters. The lowest BCUT2D eigenvalue weighted by molar-refractivity contribution is 0.262. The molecule has 5 nitrogen and oxygen atoms in total. The van der Waals surface area contributed by atoms with Gasteiger partial charge in [-0.1, -0.05) is 58.8 Å². The lowest BCUT2D eigenvalue weighted by Crippen LogP contribution is -2.19. The van der Waals surface area contributed by atoms with E-state index in [1.54, 1.807) is 6.07 Å². The Kier molecular flexibility index (Phi) is 4.55. The third-order valence-corrected chi connectivity index (χ3v) is 4.26. The molecule has 0 aliphatic heterocycles. The van der Waals surface area contributed by atoms with Gasteiger partial charge in [0, 0.05) is 11.3 Å². The predicted molar refractivity (Wildman–Crippen MR) is 94.2 cm³/mol. The minimum absolute atomic E-state index is 0.365. The third-order valence-electron chi connectivity index (χ3n) is 3.06. The molecule has 0 bridgehead atoms. The smallest absolute Gasteiger partial charge is 0.308 e. The second-order valence-electron chi connectivity index (χ2n) is 4.84. The van der Waals surface area contributed by atoms with Crippen molar-refractivity contribution in [1.82, 2.24) is 10.2 Å². The van der Waals surface area contributed by atoms with Crippen molar-refractivity contribution in [3.8, 4) is 10.6 Å². The van der Waals surface area contributed by atoms with Crippen LogP contribution in [0.4, 0.5) is 15.6 Å². The first-order chi connectivity index (χ1) is 11.1. The van der Waals surface area contributed by atoms with E-state index >= 15 is 0 Å². The molecule has 0 aliphatic carbocycles. The summed E-state index contributed by atoms with van der Waals surface area (Å²) in [5.41, 5.74) is 2.63. The van der Waals surface area contributed by atoms with Crippen molar-refractivity contribution in [3.63, 3.8) is 0 Å². The molecular weight excluding hydrogens is 332 g/mol. The Morgan fingerprint density at radius 1 is 1.04 bits per heavy atom. The number of halogens is 1. The summed E-state index contributed by atoms with van der Waals surface area (Å²) in [6.07, 6.45) is 0. The maximum Gasteiger partial charge on any atom is 0.325 e. The van der Waals surface area contributed by atoms with Crippen LogP contribution in [0.3, 0.4) is 0 Å². The Morgan fingerprint density at radius 2 is 1.78 bits per heavy atom. The highest BCUT2D eigenvalue weighted by atomic mass is 35.5. The number of aryl methyl sites for hydroxylation is 1. The fraction of sp³-hybridized carbons (Fsp3) is 0.0625. The molecule has 0 aliphatic rings. The van der Waals surface area contributed by atoms with Gasteiger partial charge in [-0.3, -0.25) is 5.32 Å². The maximum absolute atomic E-state index is 12.0. The van der Waals surface area contributed by atoms with E-state index in [0.717, 1.165) is 11.1 Å². The number of hydrogen-bond donors (Lipinski definition) is 2. The maximum atomic E-state index is 12.0. The number of nitrogens with zero attached hydrogens (tertiary/aromatic N) is 2. The number of aromatic nitrogens is 2. The molecule has 0 fully saturated rings. The zero-order valence-corrected chi connectivity index (χ0v) is 13.8. The normalized spacial score (nSPS) is 10.3. The van der Waals surface area contributed by atoms with Crippen LogP contribution >= 0.6 is 22.9 Å². The fourth-order valence-corrected chi connectivity index (χ4v) is 2.97. The highest BCUT2D eigenvalue weighted by molar-refractivity contribution is 7.18. The van der Waals surface area contributed by atoms with Crippen molar-refractivity contribution in [1.29, 1.82) is 0 Å². The summed E-state index contributed by atoms with van der Waals surface area (Å²) in [6, 6.07) is 14.5. The monoisotopic (exact) mass is 344 g/mol. The number of anilines is 2. The lowest BCUT2D eigenvalue weighted by atomic mass is 10.2. The van der Waals surface area contributed by atoms with Crippen LogP contribution in [0.1, 0.15) is 5.56 Å². The second kappa shape index (κ2) is 6.76. The van der Waals surface area contributed by atoms with Crippen molar-refractivity contribution in [2.45, 2.75) is 6.92 Å². The Labute approximate surface area is 142 Å². The quantitative estimate of drug-likeness (QED) is 0.716. The van der Waals surface area contributed by atoms with Gasteiger partial charge in [0.25, 0.3) is 0 Å². The summed E-state index contributed by atoms with van der Waals surface area (Å²) in [7, 11) is 0. The molecular formula is C16H13ClN4OS. The first-order valence-electron chi connectivity index (χ1n) is 6.85. The van der Waals surface area contributed by atoms with Gasteiger partial charge in [0.2, 0.25) is 5.13 Å². The molecule has 0 saturated heterocycles. The summed E-state index contributed by atoms with van der Waals surface area (Å²) in [4.78, 5) is 12.0. The van der Waals surface area contributed by atoms with E-state index in [0.29, 0.717) is 20.8 Å². The number of hydrogen-bond acceptors (Lipinski definition) is 4. The molecule has 116 valence electrons. The van der Waals surface area contributed by atoms with E-state index in [2.05, 4.69) is 20.8 Å². The number of nitrogens with one attached hydrogen (secondary N) is 2. The second-order valence-corrected chi connectivity index (χ2v) is 6.22. The molecule has 0 radical (unpaired) electrons. The van der Waals surface area contributed by atoms with Gasteiger partial charge in [-0.15, -0.1) is 10.2 Å². The summed E-state index contributed by atoms with van der Waals surface area (Å²) in [5, 5.41) is 15.1. The van der Waals surface area contributed by atoms with E-state index in [1.165, 1.54) is 11.3 Å². The number of rotatable bonds is 3. The average molecular weight is 345 g/mol. The average Bonchev–Trinajstić information content (AvgIpc) is 2.98. The van der Waals surface area contributed by atoms with Crippen LogP contribution in [0.15, 0.2) is 48.5 Å². The minimum atomic E-state index is -0.365. The lowest BCUT2D eigenvalue weighted by Gasteiger charge is -2.05. The van der Waals surface area contributed by atoms with Gasteiger partial charge in [-0.05, 0) is 25.1 Å². The summed E-state index contributed by atoms with van der Waals surface area (Å²) in [5.74, 6) is 0. The first kappa shape index (κ1) is 15.5. The van der Waals surface area contributed by atoms with E-state index in [-0.39, 0.29) is 6.03 Å². The summed E-state index contributed by atoms with van der Waals surface area (Å²) < 4.78 is 0. The van der Waals surface area contributed by atoms with Crippen LogP contribution in [-0.4, -0.2) is 16.2 Å². The summed E-state index contributed by atoms with van der Waals surface area (Å²) in [6.45, 7) is 1.99. The van der Waals surface area contributed by atoms with Crippen molar-refractivity contribution >= 4 is 39.8 Å². The SMILES string of the molecule is Cc1ccc(NC(=O)Nc2nnc(-c3ccccc3Cl)s2)cc1. The summed E-state index contributed by atoms with van der Waals surface area (Å²) >= 11 is 7.40. The molecule has 3 aromatic rings. The third kappa shape index (κ3) is 3.85. The van der Waals surface area contributed by atoms with Crippen LogP contribution in [0, 0.1) is 6.92 Å².